The molecule has 1 aliphatic rings. The number of hydrogen-bond acceptors (Lipinski definition) is 10. The number of hydrogen-bond donors (Lipinski definition) is 3. The monoisotopic (exact) mass is 586 g/mol. The van der Waals surface area contributed by atoms with Crippen LogP contribution >= 0.6 is 11.3 Å². The number of phenols is 1. The van der Waals surface area contributed by atoms with Gasteiger partial charge >= 0.3 is 11.9 Å². The first-order valence-electron chi connectivity index (χ1n) is 12.9. The predicted molar refractivity (Wildman–Crippen MR) is 147 cm³/mol. The number of carboxylic acids is 2. The van der Waals surface area contributed by atoms with E-state index in [1.807, 2.05) is 0 Å². The van der Waals surface area contributed by atoms with Gasteiger partial charge in [0.1, 0.15) is 4.83 Å². The molecule has 1 aliphatic heterocycles. The molecule has 1 aromatic carbocycles. The quantitative estimate of drug-likeness (QED) is 0.185. The molecule has 2 aromatic heterocycles. The Morgan fingerprint density at radius 1 is 1.00 bits per heavy atom. The number of ether oxygens (including phenoxy) is 3. The molecule has 41 heavy (non-hydrogen) atoms. The molecular formula is C28H30N2O10S. The number of carbonyl (C=O) groups is 4. The van der Waals surface area contributed by atoms with E-state index in [-0.39, 0.29) is 61.5 Å². The fourth-order valence-electron chi connectivity index (χ4n) is 4.26. The van der Waals surface area contributed by atoms with Crippen molar-refractivity contribution in [1.29, 1.82) is 0 Å². The van der Waals surface area contributed by atoms with E-state index in [1.54, 1.807) is 29.2 Å². The third-order valence-corrected chi connectivity index (χ3v) is 7.63. The van der Waals surface area contributed by atoms with Crippen LogP contribution in [0.1, 0.15) is 53.4 Å². The van der Waals surface area contributed by atoms with Crippen molar-refractivity contribution >= 4 is 45.2 Å². The highest BCUT2D eigenvalue weighted by Gasteiger charge is 2.27. The smallest absolute Gasteiger partial charge is 0.306 e. The van der Waals surface area contributed by atoms with Gasteiger partial charge in [0.15, 0.2) is 23.0 Å². The largest absolute Gasteiger partial charge is 0.504 e. The number of thiophene rings is 1. The van der Waals surface area contributed by atoms with Gasteiger partial charge in [0.2, 0.25) is 5.91 Å². The normalized spacial score (nSPS) is 13.1. The molecule has 218 valence electrons. The number of carboxylic acid groups (broad SMARTS) is 2. The van der Waals surface area contributed by atoms with Gasteiger partial charge in [-0.1, -0.05) is 6.92 Å². The van der Waals surface area contributed by atoms with Crippen LogP contribution in [-0.4, -0.2) is 69.2 Å². The summed E-state index contributed by atoms with van der Waals surface area (Å²) in [6.07, 6.45) is 0.0185. The van der Waals surface area contributed by atoms with Crippen molar-refractivity contribution in [3.8, 4) is 23.1 Å². The van der Waals surface area contributed by atoms with E-state index in [0.29, 0.717) is 40.4 Å². The molecule has 0 fully saturated rings. The van der Waals surface area contributed by atoms with Gasteiger partial charge in [-0.15, -0.1) is 11.3 Å². The van der Waals surface area contributed by atoms with Gasteiger partial charge in [-0.2, -0.15) is 4.98 Å². The van der Waals surface area contributed by atoms with E-state index in [0.717, 1.165) is 22.5 Å². The Morgan fingerprint density at radius 3 is 2.39 bits per heavy atom. The van der Waals surface area contributed by atoms with Crippen LogP contribution in [0.3, 0.4) is 0 Å². The van der Waals surface area contributed by atoms with Gasteiger partial charge in [-0.25, -0.2) is 0 Å². The molecule has 4 rings (SSSR count). The SMILES string of the molecule is COc1cc2cc(C(=O)CCC(=O)O)sc2nc1OCCCOc1cc2c(cc1O)CN(C(=O)C[C@H](C)C(=O)O)C2. The summed E-state index contributed by atoms with van der Waals surface area (Å²) in [4.78, 5) is 53.6. The van der Waals surface area contributed by atoms with E-state index < -0.39 is 17.9 Å². The van der Waals surface area contributed by atoms with Crippen LogP contribution in [0.5, 0.6) is 23.1 Å². The van der Waals surface area contributed by atoms with Crippen LogP contribution in [0.25, 0.3) is 10.2 Å². The van der Waals surface area contributed by atoms with Crippen LogP contribution in [0.15, 0.2) is 24.3 Å². The van der Waals surface area contributed by atoms with Gasteiger partial charge in [-0.05, 0) is 35.4 Å². The van der Waals surface area contributed by atoms with Crippen LogP contribution in [0, 0.1) is 5.92 Å². The number of fused-ring (bicyclic) bond motifs is 2. The fourth-order valence-corrected chi connectivity index (χ4v) is 5.24. The van der Waals surface area contributed by atoms with Crippen LogP contribution in [0.2, 0.25) is 0 Å². The maximum atomic E-state index is 12.5. The summed E-state index contributed by atoms with van der Waals surface area (Å²) in [6, 6.07) is 6.61. The van der Waals surface area contributed by atoms with E-state index >= 15 is 0 Å². The van der Waals surface area contributed by atoms with Gasteiger partial charge < -0.3 is 34.4 Å². The predicted octanol–water partition coefficient (Wildman–Crippen LogP) is 3.86. The van der Waals surface area contributed by atoms with Crippen molar-refractivity contribution in [2.45, 2.75) is 45.7 Å². The second kappa shape index (κ2) is 12.9. The van der Waals surface area contributed by atoms with E-state index in [4.69, 9.17) is 24.4 Å². The summed E-state index contributed by atoms with van der Waals surface area (Å²) in [5.41, 5.74) is 1.60. The average Bonchev–Trinajstić information content (AvgIpc) is 3.54. The van der Waals surface area contributed by atoms with Crippen LogP contribution in [-0.2, 0) is 27.5 Å². The second-order valence-electron chi connectivity index (χ2n) is 9.65. The summed E-state index contributed by atoms with van der Waals surface area (Å²) < 4.78 is 16.9. The molecule has 0 saturated heterocycles. The van der Waals surface area contributed by atoms with Gasteiger partial charge in [0, 0.05) is 37.7 Å². The first-order valence-corrected chi connectivity index (χ1v) is 13.7. The lowest BCUT2D eigenvalue weighted by Crippen LogP contribution is -2.28. The third kappa shape index (κ3) is 7.23. The Labute approximate surface area is 239 Å². The lowest BCUT2D eigenvalue weighted by atomic mass is 10.1. The minimum atomic E-state index is -1.03. The Hall–Kier alpha value is -4.39. The molecule has 0 aliphatic carbocycles. The number of aromatic hydroxyl groups is 1. The minimum absolute atomic E-state index is 0.0574. The van der Waals surface area contributed by atoms with Crippen molar-refractivity contribution in [1.82, 2.24) is 9.88 Å². The molecule has 0 unspecified atom stereocenters. The van der Waals surface area contributed by atoms with Crippen molar-refractivity contribution in [3.05, 3.63) is 40.3 Å². The number of aliphatic carboxylic acids is 2. The number of aromatic nitrogens is 1. The Morgan fingerprint density at radius 2 is 1.71 bits per heavy atom. The number of benzene rings is 1. The fraction of sp³-hybridized carbons (Fsp3) is 0.393. The highest BCUT2D eigenvalue weighted by molar-refractivity contribution is 7.20. The molecule has 3 N–H and O–H groups in total. The molecule has 3 aromatic rings. The van der Waals surface area contributed by atoms with Crippen molar-refractivity contribution < 1.29 is 48.7 Å². The number of pyridine rings is 1. The summed E-state index contributed by atoms with van der Waals surface area (Å²) in [6.45, 7) is 2.54. The van der Waals surface area contributed by atoms with Crippen molar-refractivity contribution in [2.75, 3.05) is 20.3 Å². The van der Waals surface area contributed by atoms with Gasteiger partial charge in [0.05, 0.1) is 37.5 Å². The zero-order valence-electron chi connectivity index (χ0n) is 22.5. The molecule has 0 spiro atoms. The molecule has 0 saturated carbocycles. The maximum absolute atomic E-state index is 12.5. The lowest BCUT2D eigenvalue weighted by Gasteiger charge is -2.16. The number of phenolic OH excluding ortho intramolecular Hbond substituents is 1. The highest BCUT2D eigenvalue weighted by Crippen LogP contribution is 2.36. The van der Waals surface area contributed by atoms with Crippen LogP contribution < -0.4 is 14.2 Å². The zero-order valence-corrected chi connectivity index (χ0v) is 23.4. The Balaban J connectivity index is 1.30. The average molecular weight is 587 g/mol. The molecule has 0 radical (unpaired) electrons. The molecule has 3 heterocycles. The number of Topliss-reactive ketones (excluding diaryl/α,β-unsaturated/α-hetero) is 1. The molecule has 1 atom stereocenters. The van der Waals surface area contributed by atoms with Gasteiger partial charge in [-0.3, -0.25) is 19.2 Å². The topological polar surface area (TPSA) is 173 Å². The van der Waals surface area contributed by atoms with E-state index in [9.17, 15) is 24.3 Å². The van der Waals surface area contributed by atoms with E-state index in [2.05, 4.69) is 4.98 Å². The highest BCUT2D eigenvalue weighted by atomic mass is 32.1. The minimum Gasteiger partial charge on any atom is -0.504 e. The van der Waals surface area contributed by atoms with Crippen LogP contribution in [0.4, 0.5) is 0 Å². The Kier molecular flexibility index (Phi) is 9.28. The summed E-state index contributed by atoms with van der Waals surface area (Å²) in [7, 11) is 1.47. The standard InChI is InChI=1S/C28H30N2O10S/c1-15(28(36)37)8-24(33)30-13-17-9-20(32)21(11-18(17)14-30)39-6-3-7-40-26-22(38-2)10-16-12-23(41-27(16)29-26)19(31)4-5-25(34)35/h9-12,15,32H,3-8,13-14H2,1-2H3,(H,34,35)(H,36,37)/t15-/m0/s1. The number of nitrogens with zero attached hydrogens (tertiary/aromatic N) is 2. The number of methoxy groups -OCH3 is 1. The number of amides is 1. The summed E-state index contributed by atoms with van der Waals surface area (Å²) in [5.74, 6) is -2.53. The third-order valence-electron chi connectivity index (χ3n) is 6.55. The summed E-state index contributed by atoms with van der Waals surface area (Å²) in [5, 5.41) is 29.0. The number of ketones is 1. The zero-order chi connectivity index (χ0) is 29.7. The molecule has 13 heteroatoms. The first kappa shape index (κ1) is 29.6. The number of rotatable bonds is 14. The molecule has 12 nitrogen and oxygen atoms in total. The first-order chi connectivity index (χ1) is 19.5. The summed E-state index contributed by atoms with van der Waals surface area (Å²) >= 11 is 1.16. The maximum Gasteiger partial charge on any atom is 0.306 e. The molecular weight excluding hydrogens is 556 g/mol. The van der Waals surface area contributed by atoms with E-state index in [1.165, 1.54) is 14.0 Å². The lowest BCUT2D eigenvalue weighted by molar-refractivity contribution is -0.145. The van der Waals surface area contributed by atoms with Crippen molar-refractivity contribution in [2.24, 2.45) is 5.92 Å². The Bertz CT molecular complexity index is 1480. The molecule has 1 amide bonds. The van der Waals surface area contributed by atoms with Gasteiger partial charge in [0.25, 0.3) is 5.88 Å². The molecule has 0 bridgehead atoms. The number of carbonyl (C=O) groups excluding carboxylic acids is 2. The van der Waals surface area contributed by atoms with Crippen molar-refractivity contribution in [3.63, 3.8) is 0 Å². The second-order valence-corrected chi connectivity index (χ2v) is 10.7.